The number of hydrogen-bond donors (Lipinski definition) is 2. The highest BCUT2D eigenvalue weighted by atomic mass is 127. The first-order valence-corrected chi connectivity index (χ1v) is 9.22. The van der Waals surface area contributed by atoms with Crippen LogP contribution in [0.15, 0.2) is 29.3 Å². The lowest BCUT2D eigenvalue weighted by Crippen LogP contribution is -2.45. The zero-order chi connectivity index (χ0) is 18.1. The fraction of sp³-hybridized carbons (Fsp3) is 0.526. The number of nitrogens with one attached hydrogen (secondary N) is 2. The summed E-state index contributed by atoms with van der Waals surface area (Å²) in [7, 11) is 1.79. The molecule has 2 aromatic rings. The van der Waals surface area contributed by atoms with E-state index in [1.54, 1.807) is 7.05 Å². The Kier molecular flexibility index (Phi) is 5.92. The van der Waals surface area contributed by atoms with Gasteiger partial charge in [0.1, 0.15) is 17.2 Å². The minimum absolute atomic E-state index is 0. The van der Waals surface area contributed by atoms with Gasteiger partial charge in [-0.05, 0) is 26.3 Å². The monoisotopic (exact) mass is 482 g/mol. The van der Waals surface area contributed by atoms with E-state index >= 15 is 0 Å². The third kappa shape index (κ3) is 4.20. The molecule has 8 heteroatoms. The molecule has 1 aromatic carbocycles. The Hall–Kier alpha value is -1.84. The maximum atomic E-state index is 6.11. The Labute approximate surface area is 177 Å². The second-order valence-electron chi connectivity index (χ2n) is 7.51. The lowest BCUT2D eigenvalue weighted by Gasteiger charge is -2.38. The predicted octanol–water partition coefficient (Wildman–Crippen LogP) is 2.81. The summed E-state index contributed by atoms with van der Waals surface area (Å²) in [5.41, 5.74) is 0.941. The minimum atomic E-state index is -0.224. The van der Waals surface area contributed by atoms with Crippen LogP contribution in [0.25, 0.3) is 0 Å². The van der Waals surface area contributed by atoms with E-state index in [2.05, 4.69) is 50.3 Å². The summed E-state index contributed by atoms with van der Waals surface area (Å²) < 4.78 is 8.31. The lowest BCUT2D eigenvalue weighted by atomic mass is 9.90. The molecule has 0 aliphatic carbocycles. The average Bonchev–Trinajstić information content (AvgIpc) is 3.21. The van der Waals surface area contributed by atoms with Crippen molar-refractivity contribution in [1.82, 2.24) is 25.4 Å². The molecule has 2 aliphatic rings. The van der Waals surface area contributed by atoms with Crippen molar-refractivity contribution in [2.45, 2.75) is 57.8 Å². The van der Waals surface area contributed by atoms with Gasteiger partial charge >= 0.3 is 0 Å². The standard InChI is InChI=1S/C19H26N6O.HI/c1-19(2)11-14(13-7-4-5-8-15(13)26-19)22-18(20-3)21-12-17-24-23-16-9-6-10-25(16)17;/h4-5,7-8,14H,6,9-12H2,1-3H3,(H2,20,21,22);1H. The van der Waals surface area contributed by atoms with E-state index in [4.69, 9.17) is 4.74 Å². The number of rotatable bonds is 3. The van der Waals surface area contributed by atoms with Crippen molar-refractivity contribution in [2.75, 3.05) is 7.05 Å². The van der Waals surface area contributed by atoms with Crippen LogP contribution in [0, 0.1) is 0 Å². The number of hydrogen-bond acceptors (Lipinski definition) is 4. The summed E-state index contributed by atoms with van der Waals surface area (Å²) in [6.45, 7) is 5.86. The predicted molar refractivity (Wildman–Crippen MR) is 116 cm³/mol. The maximum absolute atomic E-state index is 6.11. The van der Waals surface area contributed by atoms with Crippen LogP contribution in [-0.2, 0) is 19.5 Å². The summed E-state index contributed by atoms with van der Waals surface area (Å²) in [5, 5.41) is 15.5. The second kappa shape index (κ2) is 8.04. The second-order valence-corrected chi connectivity index (χ2v) is 7.51. The third-order valence-corrected chi connectivity index (χ3v) is 5.01. The van der Waals surface area contributed by atoms with Crippen LogP contribution in [-0.4, -0.2) is 33.4 Å². The van der Waals surface area contributed by atoms with Gasteiger partial charge in [0.15, 0.2) is 11.8 Å². The molecule has 0 saturated carbocycles. The number of aliphatic imine (C=N–C) groups is 1. The largest absolute Gasteiger partial charge is 0.487 e. The number of halogens is 1. The summed E-state index contributed by atoms with van der Waals surface area (Å²) in [6, 6.07) is 8.34. The van der Waals surface area contributed by atoms with Crippen LogP contribution in [0.1, 0.15) is 49.9 Å². The Morgan fingerprint density at radius 1 is 1.33 bits per heavy atom. The highest BCUT2D eigenvalue weighted by Crippen LogP contribution is 2.39. The third-order valence-electron chi connectivity index (χ3n) is 5.01. The number of fused-ring (bicyclic) bond motifs is 2. The van der Waals surface area contributed by atoms with Crippen LogP contribution < -0.4 is 15.4 Å². The van der Waals surface area contributed by atoms with E-state index in [9.17, 15) is 0 Å². The Balaban J connectivity index is 0.00000210. The fourth-order valence-corrected chi connectivity index (χ4v) is 3.79. The van der Waals surface area contributed by atoms with Crippen LogP contribution in [0.2, 0.25) is 0 Å². The van der Waals surface area contributed by atoms with E-state index in [0.29, 0.717) is 6.54 Å². The number of aryl methyl sites for hydroxylation is 1. The molecule has 0 amide bonds. The Morgan fingerprint density at radius 3 is 2.96 bits per heavy atom. The number of ether oxygens (including phenoxy) is 1. The maximum Gasteiger partial charge on any atom is 0.191 e. The summed E-state index contributed by atoms with van der Waals surface area (Å²) in [5.74, 6) is 3.75. The van der Waals surface area contributed by atoms with Crippen LogP contribution in [0.4, 0.5) is 0 Å². The summed E-state index contributed by atoms with van der Waals surface area (Å²) in [4.78, 5) is 4.39. The van der Waals surface area contributed by atoms with Gasteiger partial charge in [0.05, 0.1) is 12.6 Å². The zero-order valence-electron chi connectivity index (χ0n) is 16.0. The van der Waals surface area contributed by atoms with Gasteiger partial charge in [-0.2, -0.15) is 0 Å². The zero-order valence-corrected chi connectivity index (χ0v) is 18.4. The summed E-state index contributed by atoms with van der Waals surface area (Å²) >= 11 is 0. The number of nitrogens with zero attached hydrogens (tertiary/aromatic N) is 4. The van der Waals surface area contributed by atoms with Gasteiger partial charge in [-0.1, -0.05) is 18.2 Å². The molecule has 4 rings (SSSR count). The van der Waals surface area contributed by atoms with E-state index in [1.807, 2.05) is 18.2 Å². The summed E-state index contributed by atoms with van der Waals surface area (Å²) in [6.07, 6.45) is 3.04. The van der Waals surface area contributed by atoms with E-state index in [1.165, 1.54) is 0 Å². The first-order valence-electron chi connectivity index (χ1n) is 9.22. The number of aromatic nitrogens is 3. The molecular weight excluding hydrogens is 455 g/mol. The Morgan fingerprint density at radius 2 is 2.15 bits per heavy atom. The van der Waals surface area contributed by atoms with Gasteiger partial charge in [0.2, 0.25) is 0 Å². The normalized spacial score (nSPS) is 20.1. The molecule has 0 bridgehead atoms. The molecule has 0 spiro atoms. The fourth-order valence-electron chi connectivity index (χ4n) is 3.79. The van der Waals surface area contributed by atoms with Crippen LogP contribution in [0.5, 0.6) is 5.75 Å². The van der Waals surface area contributed by atoms with E-state index < -0.39 is 0 Å². The molecule has 3 heterocycles. The van der Waals surface area contributed by atoms with Gasteiger partial charge in [0, 0.05) is 32.0 Å². The van der Waals surface area contributed by atoms with Gasteiger partial charge < -0.3 is 19.9 Å². The van der Waals surface area contributed by atoms with Crippen molar-refractivity contribution >= 4 is 29.9 Å². The smallest absolute Gasteiger partial charge is 0.191 e. The molecule has 2 aliphatic heterocycles. The minimum Gasteiger partial charge on any atom is -0.487 e. The van der Waals surface area contributed by atoms with Crippen molar-refractivity contribution in [2.24, 2.45) is 4.99 Å². The van der Waals surface area contributed by atoms with E-state index in [-0.39, 0.29) is 35.6 Å². The molecule has 0 saturated heterocycles. The first kappa shape index (κ1) is 19.9. The van der Waals surface area contributed by atoms with Crippen molar-refractivity contribution < 1.29 is 4.74 Å². The Bertz CT molecular complexity index is 831. The molecular formula is C19H27IN6O. The van der Waals surface area contributed by atoms with Crippen molar-refractivity contribution in [3.05, 3.63) is 41.5 Å². The van der Waals surface area contributed by atoms with Gasteiger partial charge in [0.25, 0.3) is 0 Å². The molecule has 0 fully saturated rings. The number of para-hydroxylation sites is 1. The average molecular weight is 482 g/mol. The highest BCUT2D eigenvalue weighted by molar-refractivity contribution is 14.0. The van der Waals surface area contributed by atoms with E-state index in [0.717, 1.165) is 54.7 Å². The van der Waals surface area contributed by atoms with Crippen LogP contribution >= 0.6 is 24.0 Å². The van der Waals surface area contributed by atoms with Gasteiger partial charge in [-0.25, -0.2) is 0 Å². The first-order chi connectivity index (χ1) is 12.6. The molecule has 2 N–H and O–H groups in total. The topological polar surface area (TPSA) is 76.4 Å². The molecule has 7 nitrogen and oxygen atoms in total. The highest BCUT2D eigenvalue weighted by Gasteiger charge is 2.34. The SMILES string of the molecule is CN=C(NCc1nnc2n1CCC2)NC1CC(C)(C)Oc2ccccc21.I. The quantitative estimate of drug-likeness (QED) is 0.400. The molecule has 1 atom stereocenters. The van der Waals surface area contributed by atoms with Crippen molar-refractivity contribution in [1.29, 1.82) is 0 Å². The molecule has 27 heavy (non-hydrogen) atoms. The van der Waals surface area contributed by atoms with Gasteiger partial charge in [-0.15, -0.1) is 34.2 Å². The number of benzene rings is 1. The van der Waals surface area contributed by atoms with Crippen molar-refractivity contribution in [3.63, 3.8) is 0 Å². The molecule has 1 unspecified atom stereocenters. The molecule has 0 radical (unpaired) electrons. The lowest BCUT2D eigenvalue weighted by molar-refractivity contribution is 0.0694. The molecule has 1 aromatic heterocycles. The van der Waals surface area contributed by atoms with Crippen LogP contribution in [0.3, 0.4) is 0 Å². The molecule has 146 valence electrons. The van der Waals surface area contributed by atoms with Gasteiger partial charge in [-0.3, -0.25) is 4.99 Å². The van der Waals surface area contributed by atoms with Crippen molar-refractivity contribution in [3.8, 4) is 5.75 Å². The number of guanidine groups is 1.